The van der Waals surface area contributed by atoms with E-state index in [0.717, 1.165) is 25.8 Å². The van der Waals surface area contributed by atoms with Gasteiger partial charge in [-0.05, 0) is 19.4 Å². The lowest BCUT2D eigenvalue weighted by atomic mass is 10.4. The van der Waals surface area contributed by atoms with Crippen LogP contribution in [0.2, 0.25) is 0 Å². The summed E-state index contributed by atoms with van der Waals surface area (Å²) in [5.41, 5.74) is 0. The van der Waals surface area contributed by atoms with Crippen LogP contribution in [0.3, 0.4) is 0 Å². The van der Waals surface area contributed by atoms with Crippen molar-refractivity contribution >= 4 is 16.0 Å². The van der Waals surface area contributed by atoms with Gasteiger partial charge in [-0.3, -0.25) is 9.67 Å². The fourth-order valence-corrected chi connectivity index (χ4v) is 2.09. The highest BCUT2D eigenvalue weighted by atomic mass is 32.2. The lowest BCUT2D eigenvalue weighted by Gasteiger charge is -2.11. The van der Waals surface area contributed by atoms with Gasteiger partial charge < -0.3 is 10.6 Å². The molecule has 0 atom stereocenters. The zero-order valence-electron chi connectivity index (χ0n) is 12.5. The van der Waals surface area contributed by atoms with Crippen molar-refractivity contribution < 1.29 is 8.42 Å². The first-order chi connectivity index (χ1) is 10.0. The normalized spacial score (nSPS) is 12.4. The summed E-state index contributed by atoms with van der Waals surface area (Å²) >= 11 is 0. The summed E-state index contributed by atoms with van der Waals surface area (Å²) in [6.45, 7) is 5.05. The lowest BCUT2D eigenvalue weighted by Crippen LogP contribution is -2.41. The number of hydrogen-bond acceptors (Lipinski definition) is 4. The summed E-state index contributed by atoms with van der Waals surface area (Å²) in [7, 11) is -3.14. The number of nitrogens with one attached hydrogen (secondary N) is 3. The van der Waals surface area contributed by atoms with Crippen LogP contribution in [0, 0.1) is 0 Å². The summed E-state index contributed by atoms with van der Waals surface area (Å²) < 4.78 is 26.2. The molecular formula is C12H24N6O2S. The van der Waals surface area contributed by atoms with E-state index in [0.29, 0.717) is 25.6 Å². The van der Waals surface area contributed by atoms with Crippen molar-refractivity contribution in [3.63, 3.8) is 0 Å². The second kappa shape index (κ2) is 9.35. The zero-order chi connectivity index (χ0) is 15.6. The van der Waals surface area contributed by atoms with Gasteiger partial charge in [-0.15, -0.1) is 0 Å². The van der Waals surface area contributed by atoms with Crippen molar-refractivity contribution in [1.29, 1.82) is 0 Å². The van der Waals surface area contributed by atoms with Gasteiger partial charge in [-0.2, -0.15) is 5.10 Å². The van der Waals surface area contributed by atoms with Crippen LogP contribution >= 0.6 is 0 Å². The number of aromatic nitrogens is 2. The molecule has 1 aromatic rings. The van der Waals surface area contributed by atoms with E-state index in [2.05, 4.69) is 25.4 Å². The van der Waals surface area contributed by atoms with E-state index in [4.69, 9.17) is 0 Å². The van der Waals surface area contributed by atoms with E-state index in [1.807, 2.05) is 23.9 Å². The SMILES string of the molecule is CCNC(=NCCCn1cccn1)NCCNS(C)(=O)=O. The fraction of sp³-hybridized carbons (Fsp3) is 0.667. The van der Waals surface area contributed by atoms with Gasteiger partial charge in [0.05, 0.1) is 6.26 Å². The first-order valence-corrected chi connectivity index (χ1v) is 8.84. The number of hydrogen-bond donors (Lipinski definition) is 3. The smallest absolute Gasteiger partial charge is 0.208 e. The molecule has 0 saturated carbocycles. The number of guanidine groups is 1. The fourth-order valence-electron chi connectivity index (χ4n) is 1.62. The van der Waals surface area contributed by atoms with Crippen LogP contribution < -0.4 is 15.4 Å². The molecule has 0 aliphatic rings. The molecule has 9 heteroatoms. The molecule has 0 radical (unpaired) electrons. The highest BCUT2D eigenvalue weighted by molar-refractivity contribution is 7.88. The average Bonchev–Trinajstić information content (AvgIpc) is 2.91. The van der Waals surface area contributed by atoms with E-state index in [1.165, 1.54) is 0 Å². The van der Waals surface area contributed by atoms with Crippen molar-refractivity contribution in [2.75, 3.05) is 32.4 Å². The molecule has 0 bridgehead atoms. The molecule has 0 unspecified atom stereocenters. The summed E-state index contributed by atoms with van der Waals surface area (Å²) in [4.78, 5) is 4.42. The summed E-state index contributed by atoms with van der Waals surface area (Å²) in [5, 5.41) is 10.3. The third-order valence-corrected chi connectivity index (χ3v) is 3.23. The second-order valence-electron chi connectivity index (χ2n) is 4.48. The topological polar surface area (TPSA) is 100 Å². The Labute approximate surface area is 126 Å². The lowest BCUT2D eigenvalue weighted by molar-refractivity contribution is 0.582. The van der Waals surface area contributed by atoms with Crippen LogP contribution in [0.15, 0.2) is 23.5 Å². The van der Waals surface area contributed by atoms with Gasteiger partial charge in [-0.25, -0.2) is 13.1 Å². The Bertz CT molecular complexity index is 512. The third kappa shape index (κ3) is 9.03. The van der Waals surface area contributed by atoms with E-state index in [1.54, 1.807) is 6.20 Å². The quantitative estimate of drug-likeness (QED) is 0.320. The van der Waals surface area contributed by atoms with Gasteiger partial charge in [0.1, 0.15) is 0 Å². The number of sulfonamides is 1. The maximum absolute atomic E-state index is 10.9. The monoisotopic (exact) mass is 316 g/mol. The van der Waals surface area contributed by atoms with Crippen LogP contribution in [0.4, 0.5) is 0 Å². The minimum atomic E-state index is -3.14. The van der Waals surface area contributed by atoms with Crippen molar-refractivity contribution in [2.45, 2.75) is 19.9 Å². The first kappa shape index (κ1) is 17.4. The Morgan fingerprint density at radius 2 is 2.14 bits per heavy atom. The highest BCUT2D eigenvalue weighted by Crippen LogP contribution is 1.90. The van der Waals surface area contributed by atoms with Crippen molar-refractivity contribution in [3.05, 3.63) is 18.5 Å². The molecule has 0 spiro atoms. The van der Waals surface area contributed by atoms with Crippen LogP contribution in [-0.4, -0.2) is 56.6 Å². The molecule has 3 N–H and O–H groups in total. The average molecular weight is 316 g/mol. The van der Waals surface area contributed by atoms with Crippen LogP contribution in [-0.2, 0) is 16.6 Å². The number of aliphatic imine (C=N–C) groups is 1. The predicted octanol–water partition coefficient (Wildman–Crippen LogP) is -0.622. The molecule has 0 amide bonds. The van der Waals surface area contributed by atoms with Crippen LogP contribution in [0.5, 0.6) is 0 Å². The molecule has 0 aromatic carbocycles. The maximum atomic E-state index is 10.9. The van der Waals surface area contributed by atoms with E-state index < -0.39 is 10.0 Å². The summed E-state index contributed by atoms with van der Waals surface area (Å²) in [6.07, 6.45) is 5.70. The maximum Gasteiger partial charge on any atom is 0.208 e. The molecule has 8 nitrogen and oxygen atoms in total. The van der Waals surface area contributed by atoms with Crippen LogP contribution in [0.25, 0.3) is 0 Å². The molecule has 0 aliphatic heterocycles. The zero-order valence-corrected chi connectivity index (χ0v) is 13.4. The molecule has 1 rings (SSSR count). The Morgan fingerprint density at radius 1 is 1.33 bits per heavy atom. The molecule has 1 aromatic heterocycles. The second-order valence-corrected chi connectivity index (χ2v) is 6.31. The third-order valence-electron chi connectivity index (χ3n) is 2.50. The van der Waals surface area contributed by atoms with E-state index in [9.17, 15) is 8.42 Å². The molecule has 1 heterocycles. The minimum Gasteiger partial charge on any atom is -0.357 e. The standard InChI is InChI=1S/C12H24N6O2S/c1-3-13-12(15-8-9-17-21(2,19)20)14-6-4-10-18-11-5-7-16-18/h5,7,11,17H,3-4,6,8-10H2,1-2H3,(H2,13,14,15). The molecule has 0 saturated heterocycles. The first-order valence-electron chi connectivity index (χ1n) is 6.95. The predicted molar refractivity (Wildman–Crippen MR) is 83.7 cm³/mol. The van der Waals surface area contributed by atoms with E-state index in [-0.39, 0.29) is 0 Å². The molecule has 21 heavy (non-hydrogen) atoms. The number of aryl methyl sites for hydroxylation is 1. The van der Waals surface area contributed by atoms with E-state index >= 15 is 0 Å². The summed E-state index contributed by atoms with van der Waals surface area (Å²) in [5.74, 6) is 0.688. The number of rotatable bonds is 9. The van der Waals surface area contributed by atoms with Crippen molar-refractivity contribution in [2.24, 2.45) is 4.99 Å². The van der Waals surface area contributed by atoms with Crippen molar-refractivity contribution in [1.82, 2.24) is 25.1 Å². The highest BCUT2D eigenvalue weighted by Gasteiger charge is 2.00. The van der Waals surface area contributed by atoms with Gasteiger partial charge in [-0.1, -0.05) is 0 Å². The molecule has 0 aliphatic carbocycles. The van der Waals surface area contributed by atoms with Crippen molar-refractivity contribution in [3.8, 4) is 0 Å². The van der Waals surface area contributed by atoms with Gasteiger partial charge in [0.2, 0.25) is 10.0 Å². The Kier molecular flexibility index (Phi) is 7.76. The number of nitrogens with zero attached hydrogens (tertiary/aromatic N) is 3. The minimum absolute atomic E-state index is 0.330. The molecule has 120 valence electrons. The summed E-state index contributed by atoms with van der Waals surface area (Å²) in [6, 6.07) is 1.89. The van der Waals surface area contributed by atoms with Gasteiger partial charge in [0.15, 0.2) is 5.96 Å². The van der Waals surface area contributed by atoms with Gasteiger partial charge in [0, 0.05) is 45.1 Å². The Hall–Kier alpha value is -1.61. The largest absolute Gasteiger partial charge is 0.357 e. The van der Waals surface area contributed by atoms with Gasteiger partial charge in [0.25, 0.3) is 0 Å². The molecular weight excluding hydrogens is 292 g/mol. The van der Waals surface area contributed by atoms with Gasteiger partial charge >= 0.3 is 0 Å². The Morgan fingerprint density at radius 3 is 2.76 bits per heavy atom. The molecule has 0 fully saturated rings. The Balaban J connectivity index is 2.25. The van der Waals surface area contributed by atoms with Crippen LogP contribution in [0.1, 0.15) is 13.3 Å².